The first-order chi connectivity index (χ1) is 13.7. The Bertz CT molecular complexity index is 911. The van der Waals surface area contributed by atoms with Crippen molar-refractivity contribution in [3.05, 3.63) is 114 Å². The molecule has 1 heterocycles. The maximum atomic E-state index is 13.0. The van der Waals surface area contributed by atoms with Gasteiger partial charge in [0, 0.05) is 11.8 Å². The lowest BCUT2D eigenvalue weighted by molar-refractivity contribution is -0.114. The van der Waals surface area contributed by atoms with Crippen molar-refractivity contribution in [3.63, 3.8) is 0 Å². The Kier molecular flexibility index (Phi) is 6.47. The van der Waals surface area contributed by atoms with Crippen LogP contribution in [0.2, 0.25) is 0 Å². The summed E-state index contributed by atoms with van der Waals surface area (Å²) in [4.78, 5) is 14.7. The van der Waals surface area contributed by atoms with Crippen LogP contribution >= 0.6 is 0 Å². The second-order valence-corrected chi connectivity index (χ2v) is 6.25. The molecule has 4 heteroatoms. The third-order valence-electron chi connectivity index (χ3n) is 4.31. The number of amides is 1. The minimum absolute atomic E-state index is 0.114. The lowest BCUT2D eigenvalue weighted by Gasteiger charge is -2.21. The van der Waals surface area contributed by atoms with Gasteiger partial charge in [0.25, 0.3) is 5.91 Å². The Morgan fingerprint density at radius 3 is 2.32 bits per heavy atom. The molecule has 0 radical (unpaired) electrons. The third kappa shape index (κ3) is 5.01. The lowest BCUT2D eigenvalue weighted by atomic mass is 10.1. The molecule has 0 atom stereocenters. The summed E-state index contributed by atoms with van der Waals surface area (Å²) in [6.07, 6.45) is 6.77. The fourth-order valence-corrected chi connectivity index (χ4v) is 2.75. The van der Waals surface area contributed by atoms with Crippen molar-refractivity contribution in [3.8, 4) is 0 Å². The van der Waals surface area contributed by atoms with Gasteiger partial charge in [0.15, 0.2) is 5.76 Å². The number of hydrogen-bond donors (Lipinski definition) is 0. The van der Waals surface area contributed by atoms with Crippen LogP contribution < -0.4 is 4.90 Å². The number of allylic oxidation sites excluding steroid dienone is 5. The second-order valence-electron chi connectivity index (χ2n) is 6.25. The zero-order valence-electron chi connectivity index (χ0n) is 15.9. The van der Waals surface area contributed by atoms with Crippen molar-refractivity contribution in [1.29, 1.82) is 0 Å². The van der Waals surface area contributed by atoms with Crippen molar-refractivity contribution in [2.45, 2.75) is 13.5 Å². The molecular formula is C24H23NO3. The second kappa shape index (κ2) is 9.42. The molecule has 2 aromatic rings. The highest BCUT2D eigenvalue weighted by Gasteiger charge is 2.14. The van der Waals surface area contributed by atoms with Gasteiger partial charge in [-0.3, -0.25) is 4.79 Å². The van der Waals surface area contributed by atoms with Crippen molar-refractivity contribution >= 4 is 11.6 Å². The van der Waals surface area contributed by atoms with E-state index in [-0.39, 0.29) is 12.7 Å². The Morgan fingerprint density at radius 1 is 1.04 bits per heavy atom. The zero-order chi connectivity index (χ0) is 19.8. The van der Waals surface area contributed by atoms with Gasteiger partial charge in [0.1, 0.15) is 5.76 Å². The van der Waals surface area contributed by atoms with E-state index in [9.17, 15) is 4.79 Å². The van der Waals surface area contributed by atoms with Crippen molar-refractivity contribution in [2.24, 2.45) is 0 Å². The molecule has 0 saturated carbocycles. The number of carbonyl (C=O) groups excluding carboxylic acids is 1. The molecule has 0 bridgehead atoms. The number of benzene rings is 2. The molecule has 142 valence electrons. The number of ether oxygens (including phenoxy) is 2. The monoisotopic (exact) mass is 373 g/mol. The Morgan fingerprint density at radius 2 is 1.71 bits per heavy atom. The molecule has 0 aliphatic carbocycles. The molecule has 0 fully saturated rings. The van der Waals surface area contributed by atoms with E-state index in [4.69, 9.17) is 9.47 Å². The van der Waals surface area contributed by atoms with Crippen LogP contribution in [0.15, 0.2) is 109 Å². The number of hydrogen-bond acceptors (Lipinski definition) is 3. The Balaban J connectivity index is 1.82. The standard InChI is InChI=1S/C24H23NO3/c1-3-20(16-23-19(2)27-18-28-23)14-15-24(26)25(22-12-8-5-9-13-22)17-21-10-6-4-7-11-21/h3-16H,1,17-18H2,2H3/b15-14+,20-16+. The molecule has 0 N–H and O–H groups in total. The quantitative estimate of drug-likeness (QED) is 0.499. The summed E-state index contributed by atoms with van der Waals surface area (Å²) in [6, 6.07) is 19.6. The minimum atomic E-state index is -0.114. The maximum absolute atomic E-state index is 13.0. The van der Waals surface area contributed by atoms with Crippen LogP contribution in [0.4, 0.5) is 5.69 Å². The van der Waals surface area contributed by atoms with Gasteiger partial charge in [0.05, 0.1) is 6.54 Å². The predicted molar refractivity (Wildman–Crippen MR) is 111 cm³/mol. The predicted octanol–water partition coefficient (Wildman–Crippen LogP) is 5.12. The highest BCUT2D eigenvalue weighted by molar-refractivity contribution is 6.01. The molecule has 4 nitrogen and oxygen atoms in total. The first kappa shape index (κ1) is 19.2. The summed E-state index contributed by atoms with van der Waals surface area (Å²) in [7, 11) is 0. The van der Waals surface area contributed by atoms with Gasteiger partial charge < -0.3 is 14.4 Å². The van der Waals surface area contributed by atoms with Gasteiger partial charge in [-0.1, -0.05) is 61.2 Å². The summed E-state index contributed by atoms with van der Waals surface area (Å²) in [5.74, 6) is 1.25. The number of anilines is 1. The number of rotatable bonds is 7. The minimum Gasteiger partial charge on any atom is -0.458 e. The number of carbonyl (C=O) groups is 1. The van der Waals surface area contributed by atoms with E-state index in [1.54, 1.807) is 23.1 Å². The summed E-state index contributed by atoms with van der Waals surface area (Å²) in [5.41, 5.74) is 2.67. The first-order valence-corrected chi connectivity index (χ1v) is 9.06. The summed E-state index contributed by atoms with van der Waals surface area (Å²) in [6.45, 7) is 6.35. The number of para-hydroxylation sites is 1. The molecule has 0 unspecified atom stereocenters. The van der Waals surface area contributed by atoms with Crippen LogP contribution in [-0.4, -0.2) is 12.7 Å². The van der Waals surface area contributed by atoms with E-state index in [0.29, 0.717) is 18.1 Å². The van der Waals surface area contributed by atoms with E-state index in [1.807, 2.05) is 73.7 Å². The van der Waals surface area contributed by atoms with E-state index < -0.39 is 0 Å². The van der Waals surface area contributed by atoms with E-state index in [2.05, 4.69) is 6.58 Å². The fourth-order valence-electron chi connectivity index (χ4n) is 2.75. The van der Waals surface area contributed by atoms with Crippen LogP contribution in [0, 0.1) is 0 Å². The number of nitrogens with zero attached hydrogens (tertiary/aromatic N) is 1. The van der Waals surface area contributed by atoms with Crippen LogP contribution in [-0.2, 0) is 20.8 Å². The first-order valence-electron chi connectivity index (χ1n) is 9.06. The lowest BCUT2D eigenvalue weighted by Crippen LogP contribution is -2.28. The Labute approximate surface area is 165 Å². The van der Waals surface area contributed by atoms with Crippen molar-refractivity contribution in [1.82, 2.24) is 0 Å². The molecule has 3 rings (SSSR count). The molecular weight excluding hydrogens is 350 g/mol. The molecule has 1 aliphatic rings. The van der Waals surface area contributed by atoms with Crippen LogP contribution in [0.5, 0.6) is 0 Å². The average Bonchev–Trinajstić information content (AvgIpc) is 3.14. The normalized spacial score (nSPS) is 14.0. The molecule has 28 heavy (non-hydrogen) atoms. The van der Waals surface area contributed by atoms with Gasteiger partial charge in [-0.2, -0.15) is 0 Å². The highest BCUT2D eigenvalue weighted by Crippen LogP contribution is 2.20. The maximum Gasteiger partial charge on any atom is 0.251 e. The summed E-state index contributed by atoms with van der Waals surface area (Å²) >= 11 is 0. The van der Waals surface area contributed by atoms with E-state index in [1.165, 1.54) is 0 Å². The SMILES string of the molecule is C=CC(/C=C/C(=O)N(Cc1ccccc1)c1ccccc1)=C\C1=C(C)OCO1. The van der Waals surface area contributed by atoms with Gasteiger partial charge >= 0.3 is 0 Å². The molecule has 1 amide bonds. The molecule has 0 spiro atoms. The zero-order valence-corrected chi connectivity index (χ0v) is 15.9. The van der Waals surface area contributed by atoms with E-state index >= 15 is 0 Å². The summed E-state index contributed by atoms with van der Waals surface area (Å²) in [5, 5.41) is 0. The van der Waals surface area contributed by atoms with Gasteiger partial charge in [-0.15, -0.1) is 0 Å². The van der Waals surface area contributed by atoms with Crippen molar-refractivity contribution < 1.29 is 14.3 Å². The van der Waals surface area contributed by atoms with Crippen molar-refractivity contribution in [2.75, 3.05) is 11.7 Å². The van der Waals surface area contributed by atoms with Gasteiger partial charge in [-0.05, 0) is 42.3 Å². The smallest absolute Gasteiger partial charge is 0.251 e. The fraction of sp³-hybridized carbons (Fsp3) is 0.125. The molecule has 0 saturated heterocycles. The Hall–Kier alpha value is -3.53. The largest absolute Gasteiger partial charge is 0.458 e. The topological polar surface area (TPSA) is 38.8 Å². The summed E-state index contributed by atoms with van der Waals surface area (Å²) < 4.78 is 10.7. The third-order valence-corrected chi connectivity index (χ3v) is 4.31. The van der Waals surface area contributed by atoms with Crippen LogP contribution in [0.1, 0.15) is 12.5 Å². The molecule has 0 aromatic heterocycles. The van der Waals surface area contributed by atoms with E-state index in [0.717, 1.165) is 16.8 Å². The van der Waals surface area contributed by atoms with Gasteiger partial charge in [-0.25, -0.2) is 0 Å². The average molecular weight is 373 g/mol. The molecule has 2 aromatic carbocycles. The van der Waals surface area contributed by atoms with Crippen LogP contribution in [0.3, 0.4) is 0 Å². The molecule has 1 aliphatic heterocycles. The van der Waals surface area contributed by atoms with Crippen LogP contribution in [0.25, 0.3) is 0 Å². The highest BCUT2D eigenvalue weighted by atomic mass is 16.7. The van der Waals surface area contributed by atoms with Gasteiger partial charge in [0.2, 0.25) is 6.79 Å².